The zero-order valence-electron chi connectivity index (χ0n) is 10.4. The molecule has 1 atom stereocenters. The van der Waals surface area contributed by atoms with Crippen molar-refractivity contribution in [3.05, 3.63) is 23.1 Å². The molecule has 5 heteroatoms. The highest BCUT2D eigenvalue weighted by Gasteiger charge is 2.23. The van der Waals surface area contributed by atoms with Gasteiger partial charge >= 0.3 is 0 Å². The van der Waals surface area contributed by atoms with E-state index in [0.29, 0.717) is 12.0 Å². The van der Waals surface area contributed by atoms with Crippen molar-refractivity contribution in [1.82, 2.24) is 14.5 Å². The predicted molar refractivity (Wildman–Crippen MR) is 73.2 cm³/mol. The number of hydrogen-bond donors (Lipinski definition) is 1. The molecule has 3 heterocycles. The van der Waals surface area contributed by atoms with E-state index in [2.05, 4.69) is 21.5 Å². The van der Waals surface area contributed by atoms with Crippen LogP contribution in [0.25, 0.3) is 11.2 Å². The van der Waals surface area contributed by atoms with Gasteiger partial charge in [0.25, 0.3) is 0 Å². The lowest BCUT2D eigenvalue weighted by Crippen LogP contribution is -2.24. The Bertz CT molecular complexity index is 598. The number of rotatable bonds is 2. The second-order valence-corrected chi connectivity index (χ2v) is 5.25. The van der Waals surface area contributed by atoms with Gasteiger partial charge in [0.05, 0.1) is 5.52 Å². The smallest absolute Gasteiger partial charge is 0.179 e. The van der Waals surface area contributed by atoms with Crippen LogP contribution in [0, 0.1) is 10.7 Å². The van der Waals surface area contributed by atoms with E-state index in [0.717, 1.165) is 42.0 Å². The zero-order valence-corrected chi connectivity index (χ0v) is 11.2. The molecular weight excluding hydrogens is 246 g/mol. The van der Waals surface area contributed by atoms with Crippen LogP contribution >= 0.6 is 12.2 Å². The molecule has 96 valence electrons. The standard InChI is InChI=1S/C13H17N3OS/c1-9(10-4-7-17-8-5-10)16-12-11(15-13(16)18)3-2-6-14-12/h2-3,6,9-10H,4-5,7-8H2,1H3,(H,15,18). The highest BCUT2D eigenvalue weighted by molar-refractivity contribution is 7.71. The molecule has 1 aliphatic rings. The average Bonchev–Trinajstić information content (AvgIpc) is 2.75. The van der Waals surface area contributed by atoms with Crippen molar-refractivity contribution < 1.29 is 4.74 Å². The largest absolute Gasteiger partial charge is 0.381 e. The van der Waals surface area contributed by atoms with Crippen LogP contribution in [0.5, 0.6) is 0 Å². The summed E-state index contributed by atoms with van der Waals surface area (Å²) in [7, 11) is 0. The Balaban J connectivity index is 2.02. The van der Waals surface area contributed by atoms with Gasteiger partial charge in [-0.15, -0.1) is 0 Å². The van der Waals surface area contributed by atoms with E-state index >= 15 is 0 Å². The first kappa shape index (κ1) is 11.9. The molecule has 3 rings (SSSR count). The van der Waals surface area contributed by atoms with E-state index in [1.54, 1.807) is 0 Å². The van der Waals surface area contributed by atoms with Crippen molar-refractivity contribution in [3.8, 4) is 0 Å². The van der Waals surface area contributed by atoms with Gasteiger partial charge in [0, 0.05) is 25.5 Å². The fraction of sp³-hybridized carbons (Fsp3) is 0.538. The van der Waals surface area contributed by atoms with Crippen molar-refractivity contribution in [2.24, 2.45) is 5.92 Å². The Morgan fingerprint density at radius 2 is 2.28 bits per heavy atom. The second kappa shape index (κ2) is 4.82. The monoisotopic (exact) mass is 263 g/mol. The van der Waals surface area contributed by atoms with Crippen LogP contribution in [0.1, 0.15) is 25.8 Å². The summed E-state index contributed by atoms with van der Waals surface area (Å²) in [5.41, 5.74) is 1.97. The van der Waals surface area contributed by atoms with E-state index in [-0.39, 0.29) is 0 Å². The van der Waals surface area contributed by atoms with Gasteiger partial charge in [0.1, 0.15) is 0 Å². The number of nitrogens with one attached hydrogen (secondary N) is 1. The van der Waals surface area contributed by atoms with Crippen LogP contribution in [0.15, 0.2) is 18.3 Å². The van der Waals surface area contributed by atoms with Crippen molar-refractivity contribution in [2.75, 3.05) is 13.2 Å². The van der Waals surface area contributed by atoms with Crippen molar-refractivity contribution >= 4 is 23.4 Å². The Hall–Kier alpha value is -1.20. The Labute approximate surface area is 111 Å². The Morgan fingerprint density at radius 1 is 1.50 bits per heavy atom. The molecule has 2 aromatic heterocycles. The topological polar surface area (TPSA) is 42.8 Å². The minimum absolute atomic E-state index is 0.366. The number of aromatic amines is 1. The van der Waals surface area contributed by atoms with E-state index in [1.807, 2.05) is 18.3 Å². The molecule has 0 aliphatic carbocycles. The maximum absolute atomic E-state index is 5.43. The van der Waals surface area contributed by atoms with Gasteiger partial charge in [-0.25, -0.2) is 4.98 Å². The molecule has 0 aromatic carbocycles. The number of fused-ring (bicyclic) bond motifs is 1. The number of imidazole rings is 1. The molecule has 1 N–H and O–H groups in total. The third-order valence-corrected chi connectivity index (χ3v) is 4.13. The van der Waals surface area contributed by atoms with Crippen molar-refractivity contribution in [2.45, 2.75) is 25.8 Å². The lowest BCUT2D eigenvalue weighted by Gasteiger charge is -2.28. The first-order chi connectivity index (χ1) is 8.77. The molecule has 0 bridgehead atoms. The van der Waals surface area contributed by atoms with Crippen LogP contribution in [0.3, 0.4) is 0 Å². The van der Waals surface area contributed by atoms with E-state index in [4.69, 9.17) is 17.0 Å². The fourth-order valence-corrected chi connectivity index (χ4v) is 3.11. The van der Waals surface area contributed by atoms with Crippen molar-refractivity contribution in [1.29, 1.82) is 0 Å². The summed E-state index contributed by atoms with van der Waals surface area (Å²) in [6.07, 6.45) is 4.02. The number of H-pyrrole nitrogens is 1. The van der Waals surface area contributed by atoms with Gasteiger partial charge in [-0.1, -0.05) is 0 Å². The quantitative estimate of drug-likeness (QED) is 0.847. The lowest BCUT2D eigenvalue weighted by atomic mass is 9.93. The minimum atomic E-state index is 0.366. The third kappa shape index (κ3) is 1.97. The maximum Gasteiger partial charge on any atom is 0.179 e. The van der Waals surface area contributed by atoms with E-state index in [9.17, 15) is 0 Å². The number of pyridine rings is 1. The Kier molecular flexibility index (Phi) is 3.18. The van der Waals surface area contributed by atoms with Gasteiger partial charge in [-0.3, -0.25) is 4.57 Å². The van der Waals surface area contributed by atoms with Gasteiger partial charge in [0.2, 0.25) is 0 Å². The highest BCUT2D eigenvalue weighted by Crippen LogP contribution is 2.29. The second-order valence-electron chi connectivity index (χ2n) is 4.87. The SMILES string of the molecule is CC(C1CCOCC1)n1c(=S)[nH]c2cccnc21. The summed E-state index contributed by atoms with van der Waals surface area (Å²) >= 11 is 5.43. The first-order valence-corrected chi connectivity index (χ1v) is 6.81. The Morgan fingerprint density at radius 3 is 3.06 bits per heavy atom. The van der Waals surface area contributed by atoms with E-state index in [1.165, 1.54) is 0 Å². The number of hydrogen-bond acceptors (Lipinski definition) is 3. The van der Waals surface area contributed by atoms with Crippen molar-refractivity contribution in [3.63, 3.8) is 0 Å². The fourth-order valence-electron chi connectivity index (χ4n) is 2.74. The summed E-state index contributed by atoms with van der Waals surface area (Å²) < 4.78 is 8.35. The van der Waals surface area contributed by atoms with Gasteiger partial charge in [0.15, 0.2) is 10.4 Å². The summed E-state index contributed by atoms with van der Waals surface area (Å²) in [5.74, 6) is 0.617. The van der Waals surface area contributed by atoms with Crippen LogP contribution < -0.4 is 0 Å². The van der Waals surface area contributed by atoms with Gasteiger partial charge in [-0.05, 0) is 50.0 Å². The van der Waals surface area contributed by atoms with Crippen LogP contribution in [0.2, 0.25) is 0 Å². The molecule has 0 saturated carbocycles. The van der Waals surface area contributed by atoms with Crippen LogP contribution in [-0.4, -0.2) is 27.7 Å². The molecule has 0 spiro atoms. The normalized spacial score (nSPS) is 19.2. The maximum atomic E-state index is 5.43. The molecule has 2 aromatic rings. The number of nitrogens with zero attached hydrogens (tertiary/aromatic N) is 2. The molecule has 4 nitrogen and oxygen atoms in total. The summed E-state index contributed by atoms with van der Waals surface area (Å²) in [5, 5.41) is 0. The molecule has 1 saturated heterocycles. The molecule has 0 radical (unpaired) electrons. The molecule has 1 unspecified atom stereocenters. The molecule has 18 heavy (non-hydrogen) atoms. The van der Waals surface area contributed by atoms with Crippen LogP contribution in [-0.2, 0) is 4.74 Å². The predicted octanol–water partition coefficient (Wildman–Crippen LogP) is 3.08. The molecular formula is C13H17N3OS. The van der Waals surface area contributed by atoms with E-state index < -0.39 is 0 Å². The number of aromatic nitrogens is 3. The lowest BCUT2D eigenvalue weighted by molar-refractivity contribution is 0.0516. The van der Waals surface area contributed by atoms with Gasteiger partial charge in [-0.2, -0.15) is 0 Å². The average molecular weight is 263 g/mol. The summed E-state index contributed by atoms with van der Waals surface area (Å²) in [6, 6.07) is 4.31. The minimum Gasteiger partial charge on any atom is -0.381 e. The zero-order chi connectivity index (χ0) is 12.5. The third-order valence-electron chi connectivity index (χ3n) is 3.83. The highest BCUT2D eigenvalue weighted by atomic mass is 32.1. The molecule has 0 amide bonds. The summed E-state index contributed by atoms with van der Waals surface area (Å²) in [6.45, 7) is 3.95. The van der Waals surface area contributed by atoms with Crippen LogP contribution in [0.4, 0.5) is 0 Å². The number of ether oxygens (including phenoxy) is 1. The van der Waals surface area contributed by atoms with Gasteiger partial charge < -0.3 is 9.72 Å². The first-order valence-electron chi connectivity index (χ1n) is 6.40. The summed E-state index contributed by atoms with van der Waals surface area (Å²) in [4.78, 5) is 7.68. The molecule has 1 fully saturated rings. The molecule has 1 aliphatic heterocycles.